The highest BCUT2D eigenvalue weighted by atomic mass is 19.4. The molecular weight excluding hydrogens is 224 g/mol. The number of hydrogen-bond acceptors (Lipinski definition) is 2. The molecule has 1 aromatic rings. The highest BCUT2D eigenvalue weighted by Crippen LogP contribution is 2.23. The highest BCUT2D eigenvalue weighted by molar-refractivity contribution is 5.48. The Morgan fingerprint density at radius 3 is 2.38 bits per heavy atom. The second-order valence-corrected chi connectivity index (χ2v) is 3.46. The molecule has 16 heavy (non-hydrogen) atoms. The largest absolute Gasteiger partial charge is 0.405 e. The van der Waals surface area contributed by atoms with Gasteiger partial charge in [-0.1, -0.05) is 6.07 Å². The maximum absolute atomic E-state index is 13.4. The van der Waals surface area contributed by atoms with Gasteiger partial charge in [-0.15, -0.1) is 0 Å². The summed E-state index contributed by atoms with van der Waals surface area (Å²) < 4.78 is 49.7. The third kappa shape index (κ3) is 3.37. The van der Waals surface area contributed by atoms with Crippen LogP contribution in [0.1, 0.15) is 5.56 Å². The van der Waals surface area contributed by atoms with Crippen molar-refractivity contribution in [2.75, 3.05) is 18.5 Å². The van der Waals surface area contributed by atoms with E-state index in [-0.39, 0.29) is 12.2 Å². The second kappa shape index (κ2) is 4.69. The van der Waals surface area contributed by atoms with Crippen molar-refractivity contribution in [2.24, 2.45) is 5.73 Å². The molecule has 0 saturated heterocycles. The quantitative estimate of drug-likeness (QED) is 0.816. The van der Waals surface area contributed by atoms with E-state index >= 15 is 0 Å². The Morgan fingerprint density at radius 1 is 1.31 bits per heavy atom. The van der Waals surface area contributed by atoms with Crippen molar-refractivity contribution in [3.8, 4) is 0 Å². The Kier molecular flexibility index (Phi) is 3.74. The molecule has 0 radical (unpaired) electrons. The van der Waals surface area contributed by atoms with E-state index in [4.69, 9.17) is 5.73 Å². The van der Waals surface area contributed by atoms with Gasteiger partial charge in [-0.05, 0) is 17.7 Å². The predicted octanol–water partition coefficient (Wildman–Crippen LogP) is 2.28. The summed E-state index contributed by atoms with van der Waals surface area (Å²) in [5, 5.41) is 0. The molecule has 1 rings (SSSR count). The molecule has 0 aliphatic carbocycles. The van der Waals surface area contributed by atoms with Crippen LogP contribution in [-0.2, 0) is 6.54 Å². The molecule has 0 aliphatic heterocycles. The van der Waals surface area contributed by atoms with Gasteiger partial charge in [0.25, 0.3) is 0 Å². The molecule has 2 N–H and O–H groups in total. The summed E-state index contributed by atoms with van der Waals surface area (Å²) in [5.41, 5.74) is 5.74. The minimum Gasteiger partial charge on any atom is -0.363 e. The number of anilines is 1. The molecule has 1 aromatic carbocycles. The highest BCUT2D eigenvalue weighted by Gasteiger charge is 2.30. The summed E-state index contributed by atoms with van der Waals surface area (Å²) in [6.07, 6.45) is -4.35. The molecule has 90 valence electrons. The maximum atomic E-state index is 13.4. The molecule has 0 heterocycles. The van der Waals surface area contributed by atoms with E-state index in [1.54, 1.807) is 0 Å². The van der Waals surface area contributed by atoms with E-state index in [2.05, 4.69) is 0 Å². The summed E-state index contributed by atoms with van der Waals surface area (Å²) in [4.78, 5) is 0.815. The van der Waals surface area contributed by atoms with Crippen LogP contribution in [0.5, 0.6) is 0 Å². The molecule has 0 bridgehead atoms. The van der Waals surface area contributed by atoms with Crippen LogP contribution in [0, 0.1) is 5.82 Å². The van der Waals surface area contributed by atoms with Gasteiger partial charge in [-0.25, -0.2) is 4.39 Å². The first-order valence-corrected chi connectivity index (χ1v) is 4.60. The van der Waals surface area contributed by atoms with Crippen LogP contribution in [0.2, 0.25) is 0 Å². The molecule has 0 saturated carbocycles. The third-order valence-electron chi connectivity index (χ3n) is 2.08. The fraction of sp³-hybridized carbons (Fsp3) is 0.400. The zero-order chi connectivity index (χ0) is 12.3. The molecule has 0 amide bonds. The first kappa shape index (κ1) is 12.8. The van der Waals surface area contributed by atoms with Gasteiger partial charge < -0.3 is 10.6 Å². The molecule has 0 atom stereocenters. The third-order valence-corrected chi connectivity index (χ3v) is 2.08. The Bertz CT molecular complexity index is 362. The van der Waals surface area contributed by atoms with Crippen molar-refractivity contribution in [3.05, 3.63) is 29.6 Å². The van der Waals surface area contributed by atoms with Gasteiger partial charge >= 0.3 is 6.18 Å². The number of benzene rings is 1. The molecular formula is C10H12F4N2. The van der Waals surface area contributed by atoms with E-state index in [0.29, 0.717) is 5.56 Å². The van der Waals surface area contributed by atoms with Gasteiger partial charge in [-0.3, -0.25) is 0 Å². The van der Waals surface area contributed by atoms with Gasteiger partial charge in [0.05, 0.1) is 5.69 Å². The summed E-state index contributed by atoms with van der Waals surface area (Å²) in [7, 11) is 1.19. The van der Waals surface area contributed by atoms with Crippen molar-refractivity contribution < 1.29 is 17.6 Å². The predicted molar refractivity (Wildman–Crippen MR) is 53.6 cm³/mol. The van der Waals surface area contributed by atoms with Crippen LogP contribution in [0.4, 0.5) is 23.2 Å². The van der Waals surface area contributed by atoms with Crippen LogP contribution in [0.25, 0.3) is 0 Å². The number of alkyl halides is 3. The minimum absolute atomic E-state index is 0.0884. The van der Waals surface area contributed by atoms with Crippen molar-refractivity contribution in [1.29, 1.82) is 0 Å². The lowest BCUT2D eigenvalue weighted by Gasteiger charge is -2.21. The molecule has 0 unspecified atom stereocenters. The molecule has 0 fully saturated rings. The first-order chi connectivity index (χ1) is 7.33. The molecule has 6 heteroatoms. The van der Waals surface area contributed by atoms with Crippen LogP contribution in [-0.4, -0.2) is 19.8 Å². The van der Waals surface area contributed by atoms with Gasteiger partial charge in [-0.2, -0.15) is 13.2 Å². The summed E-state index contributed by atoms with van der Waals surface area (Å²) in [6, 6.07) is 3.94. The monoisotopic (exact) mass is 236 g/mol. The van der Waals surface area contributed by atoms with Crippen molar-refractivity contribution in [1.82, 2.24) is 0 Å². The number of halogens is 4. The number of hydrogen-bond donors (Lipinski definition) is 1. The van der Waals surface area contributed by atoms with E-state index in [1.807, 2.05) is 0 Å². The average molecular weight is 236 g/mol. The average Bonchev–Trinajstić information content (AvgIpc) is 2.14. The molecule has 2 nitrogen and oxygen atoms in total. The number of rotatable bonds is 3. The molecule has 0 spiro atoms. The standard InChI is InChI=1S/C10H12F4N2/c1-16(6-10(12,13)14)9-3-2-7(5-15)4-8(9)11/h2-4H,5-6,15H2,1H3. The zero-order valence-corrected chi connectivity index (χ0v) is 8.68. The van der Waals surface area contributed by atoms with Crippen LogP contribution in [0.3, 0.4) is 0 Å². The smallest absolute Gasteiger partial charge is 0.363 e. The van der Waals surface area contributed by atoms with Crippen molar-refractivity contribution >= 4 is 5.69 Å². The summed E-state index contributed by atoms with van der Waals surface area (Å²) >= 11 is 0. The fourth-order valence-electron chi connectivity index (χ4n) is 1.34. The lowest BCUT2D eigenvalue weighted by molar-refractivity contribution is -0.119. The lowest BCUT2D eigenvalue weighted by Crippen LogP contribution is -2.31. The molecule has 0 aromatic heterocycles. The SMILES string of the molecule is CN(CC(F)(F)F)c1ccc(CN)cc1F. The Labute approximate surface area is 90.7 Å². The van der Waals surface area contributed by atoms with E-state index in [9.17, 15) is 17.6 Å². The second-order valence-electron chi connectivity index (χ2n) is 3.46. The Hall–Kier alpha value is -1.30. The fourth-order valence-corrected chi connectivity index (χ4v) is 1.34. The first-order valence-electron chi connectivity index (χ1n) is 4.60. The topological polar surface area (TPSA) is 29.3 Å². The van der Waals surface area contributed by atoms with Gasteiger partial charge in [0, 0.05) is 13.6 Å². The van der Waals surface area contributed by atoms with Crippen LogP contribution >= 0.6 is 0 Å². The normalized spacial score (nSPS) is 11.6. The molecule has 0 aliphatic rings. The maximum Gasteiger partial charge on any atom is 0.405 e. The van der Waals surface area contributed by atoms with Crippen molar-refractivity contribution in [2.45, 2.75) is 12.7 Å². The number of nitrogens with two attached hydrogens (primary N) is 1. The Balaban J connectivity index is 2.88. The van der Waals surface area contributed by atoms with Gasteiger partial charge in [0.15, 0.2) is 0 Å². The van der Waals surface area contributed by atoms with E-state index < -0.39 is 18.5 Å². The van der Waals surface area contributed by atoms with Crippen LogP contribution < -0.4 is 10.6 Å². The number of nitrogens with zero attached hydrogens (tertiary/aromatic N) is 1. The van der Waals surface area contributed by atoms with E-state index in [0.717, 1.165) is 11.0 Å². The summed E-state index contributed by atoms with van der Waals surface area (Å²) in [5.74, 6) is -0.699. The Morgan fingerprint density at radius 2 is 1.94 bits per heavy atom. The van der Waals surface area contributed by atoms with Crippen molar-refractivity contribution in [3.63, 3.8) is 0 Å². The minimum atomic E-state index is -4.35. The van der Waals surface area contributed by atoms with Gasteiger partial charge in [0.2, 0.25) is 0 Å². The van der Waals surface area contributed by atoms with E-state index in [1.165, 1.54) is 19.2 Å². The van der Waals surface area contributed by atoms with Crippen LogP contribution in [0.15, 0.2) is 18.2 Å². The zero-order valence-electron chi connectivity index (χ0n) is 8.68. The van der Waals surface area contributed by atoms with Gasteiger partial charge in [0.1, 0.15) is 12.4 Å². The lowest BCUT2D eigenvalue weighted by atomic mass is 10.2. The summed E-state index contributed by atoms with van der Waals surface area (Å²) in [6.45, 7) is -1.04.